The Morgan fingerprint density at radius 1 is 1.22 bits per heavy atom. The van der Waals surface area contributed by atoms with Crippen molar-refractivity contribution in [2.75, 3.05) is 19.6 Å². The average Bonchev–Trinajstić information content (AvgIpc) is 2.68. The van der Waals surface area contributed by atoms with Crippen LogP contribution in [-0.4, -0.2) is 52.7 Å². The van der Waals surface area contributed by atoms with E-state index in [2.05, 4.69) is 6.92 Å². The van der Waals surface area contributed by atoms with Gasteiger partial charge in [0.15, 0.2) is 5.78 Å². The summed E-state index contributed by atoms with van der Waals surface area (Å²) in [6.45, 7) is 3.04. The second kappa shape index (κ2) is 5.61. The number of Topliss-reactive ketones (excluding diaryl/α,β-unsaturated/α-hetero) is 1. The highest BCUT2D eigenvalue weighted by atomic mass is 16.3. The standard InChI is InChI=1S/C14H19NO3/c1-2-10-3-5-11(6-4-10)12(16)7-15-8-13(17)14(18)9-15/h3-6,13-14,17-18H,2,7-9H2,1H3. The van der Waals surface area contributed by atoms with Gasteiger partial charge in [0.1, 0.15) is 0 Å². The summed E-state index contributed by atoms with van der Waals surface area (Å²) in [7, 11) is 0. The Balaban J connectivity index is 1.95. The Bertz CT molecular complexity index is 406. The van der Waals surface area contributed by atoms with Crippen LogP contribution >= 0.6 is 0 Å². The number of carbonyl (C=O) groups excluding carboxylic acids is 1. The van der Waals surface area contributed by atoms with Crippen molar-refractivity contribution in [3.05, 3.63) is 35.4 Å². The number of rotatable bonds is 4. The van der Waals surface area contributed by atoms with Gasteiger partial charge in [-0.2, -0.15) is 0 Å². The molecule has 18 heavy (non-hydrogen) atoms. The van der Waals surface area contributed by atoms with Crippen molar-refractivity contribution in [1.82, 2.24) is 4.90 Å². The van der Waals surface area contributed by atoms with E-state index in [1.165, 1.54) is 5.56 Å². The highest BCUT2D eigenvalue weighted by Crippen LogP contribution is 2.12. The predicted octanol–water partition coefficient (Wildman–Crippen LogP) is 0.469. The number of aliphatic hydroxyl groups excluding tert-OH is 2. The van der Waals surface area contributed by atoms with Crippen LogP contribution in [0.4, 0.5) is 0 Å². The van der Waals surface area contributed by atoms with Crippen molar-refractivity contribution in [3.63, 3.8) is 0 Å². The fraction of sp³-hybridized carbons (Fsp3) is 0.500. The SMILES string of the molecule is CCc1ccc(C(=O)CN2CC(O)C(O)C2)cc1. The zero-order valence-corrected chi connectivity index (χ0v) is 10.5. The molecule has 1 aromatic carbocycles. The van der Waals surface area contributed by atoms with Crippen LogP contribution in [0.25, 0.3) is 0 Å². The maximum absolute atomic E-state index is 12.0. The molecule has 4 nitrogen and oxygen atoms in total. The Hall–Kier alpha value is -1.23. The summed E-state index contributed by atoms with van der Waals surface area (Å²) in [5, 5.41) is 18.8. The van der Waals surface area contributed by atoms with E-state index in [4.69, 9.17) is 0 Å². The monoisotopic (exact) mass is 249 g/mol. The fourth-order valence-corrected chi connectivity index (χ4v) is 2.20. The smallest absolute Gasteiger partial charge is 0.176 e. The molecule has 1 saturated heterocycles. The first kappa shape index (κ1) is 13.2. The first-order valence-electron chi connectivity index (χ1n) is 6.30. The zero-order valence-electron chi connectivity index (χ0n) is 10.5. The Labute approximate surface area is 107 Å². The van der Waals surface area contributed by atoms with Crippen molar-refractivity contribution in [2.45, 2.75) is 25.6 Å². The molecular weight excluding hydrogens is 230 g/mol. The molecule has 2 rings (SSSR count). The lowest BCUT2D eigenvalue weighted by Crippen LogP contribution is -2.28. The van der Waals surface area contributed by atoms with Gasteiger partial charge in [0.05, 0.1) is 18.8 Å². The van der Waals surface area contributed by atoms with Gasteiger partial charge in [-0.3, -0.25) is 9.69 Å². The van der Waals surface area contributed by atoms with Crippen molar-refractivity contribution in [3.8, 4) is 0 Å². The van der Waals surface area contributed by atoms with E-state index >= 15 is 0 Å². The molecule has 1 aliphatic rings. The molecule has 1 fully saturated rings. The van der Waals surface area contributed by atoms with Crippen LogP contribution in [-0.2, 0) is 6.42 Å². The molecule has 98 valence electrons. The van der Waals surface area contributed by atoms with Crippen molar-refractivity contribution >= 4 is 5.78 Å². The number of likely N-dealkylation sites (tertiary alicyclic amines) is 1. The van der Waals surface area contributed by atoms with E-state index in [1.807, 2.05) is 24.3 Å². The lowest BCUT2D eigenvalue weighted by atomic mass is 10.1. The number of β-amino-alcohol motifs (C(OH)–C–C–N with tert-alkyl or cyclic N) is 2. The van der Waals surface area contributed by atoms with E-state index in [0.717, 1.165) is 6.42 Å². The van der Waals surface area contributed by atoms with Gasteiger partial charge in [0, 0.05) is 18.7 Å². The number of nitrogens with zero attached hydrogens (tertiary/aromatic N) is 1. The molecule has 0 aromatic heterocycles. The normalized spacial score (nSPS) is 24.4. The number of ketones is 1. The molecule has 2 unspecified atom stereocenters. The molecule has 1 heterocycles. The average molecular weight is 249 g/mol. The van der Waals surface area contributed by atoms with E-state index in [1.54, 1.807) is 4.90 Å². The van der Waals surface area contributed by atoms with Gasteiger partial charge < -0.3 is 10.2 Å². The number of carbonyl (C=O) groups is 1. The highest BCUT2D eigenvalue weighted by molar-refractivity contribution is 5.97. The van der Waals surface area contributed by atoms with Crippen LogP contribution in [0.1, 0.15) is 22.8 Å². The van der Waals surface area contributed by atoms with E-state index in [-0.39, 0.29) is 12.3 Å². The molecule has 0 radical (unpaired) electrons. The van der Waals surface area contributed by atoms with Crippen LogP contribution in [0.5, 0.6) is 0 Å². The second-order valence-electron chi connectivity index (χ2n) is 4.80. The number of benzene rings is 1. The molecule has 0 spiro atoms. The number of hydrogen-bond acceptors (Lipinski definition) is 4. The van der Waals surface area contributed by atoms with Crippen LogP contribution in [0.3, 0.4) is 0 Å². The maximum atomic E-state index is 12.0. The molecule has 1 aliphatic heterocycles. The van der Waals surface area contributed by atoms with E-state index in [0.29, 0.717) is 18.7 Å². The molecule has 1 aromatic rings. The summed E-state index contributed by atoms with van der Waals surface area (Å²) in [6, 6.07) is 7.59. The first-order valence-corrected chi connectivity index (χ1v) is 6.30. The summed E-state index contributed by atoms with van der Waals surface area (Å²) in [5.41, 5.74) is 1.89. The van der Waals surface area contributed by atoms with E-state index in [9.17, 15) is 15.0 Å². The van der Waals surface area contributed by atoms with Gasteiger partial charge >= 0.3 is 0 Å². The first-order chi connectivity index (χ1) is 8.60. The summed E-state index contributed by atoms with van der Waals surface area (Å²) < 4.78 is 0. The lowest BCUT2D eigenvalue weighted by molar-refractivity contribution is 0.0572. The van der Waals surface area contributed by atoms with Crippen LogP contribution in [0.15, 0.2) is 24.3 Å². The highest BCUT2D eigenvalue weighted by Gasteiger charge is 2.30. The van der Waals surface area contributed by atoms with Gasteiger partial charge in [0.2, 0.25) is 0 Å². The molecule has 2 atom stereocenters. The fourth-order valence-electron chi connectivity index (χ4n) is 2.20. The largest absolute Gasteiger partial charge is 0.389 e. The minimum atomic E-state index is -0.736. The van der Waals surface area contributed by atoms with Crippen LogP contribution in [0.2, 0.25) is 0 Å². The van der Waals surface area contributed by atoms with Gasteiger partial charge in [-0.25, -0.2) is 0 Å². The Kier molecular flexibility index (Phi) is 4.11. The van der Waals surface area contributed by atoms with Crippen LogP contribution < -0.4 is 0 Å². The third-order valence-electron chi connectivity index (χ3n) is 3.39. The van der Waals surface area contributed by atoms with Crippen LogP contribution in [0, 0.1) is 0 Å². The summed E-state index contributed by atoms with van der Waals surface area (Å²) in [4.78, 5) is 13.8. The number of hydrogen-bond donors (Lipinski definition) is 2. The number of aryl methyl sites for hydroxylation is 1. The molecule has 0 saturated carbocycles. The third-order valence-corrected chi connectivity index (χ3v) is 3.39. The van der Waals surface area contributed by atoms with Gasteiger partial charge in [-0.1, -0.05) is 31.2 Å². The molecule has 4 heteroatoms. The molecule has 0 aliphatic carbocycles. The summed E-state index contributed by atoms with van der Waals surface area (Å²) >= 11 is 0. The van der Waals surface area contributed by atoms with Gasteiger partial charge in [0.25, 0.3) is 0 Å². The summed E-state index contributed by atoms with van der Waals surface area (Å²) in [5.74, 6) is 0.0268. The predicted molar refractivity (Wildman–Crippen MR) is 68.6 cm³/mol. The Morgan fingerprint density at radius 3 is 2.28 bits per heavy atom. The molecule has 0 bridgehead atoms. The van der Waals surface area contributed by atoms with Crippen molar-refractivity contribution in [2.24, 2.45) is 0 Å². The molecular formula is C14H19NO3. The molecule has 0 amide bonds. The zero-order chi connectivity index (χ0) is 13.1. The lowest BCUT2D eigenvalue weighted by Gasteiger charge is -2.13. The van der Waals surface area contributed by atoms with E-state index < -0.39 is 12.2 Å². The number of aliphatic hydroxyl groups is 2. The quantitative estimate of drug-likeness (QED) is 0.762. The third kappa shape index (κ3) is 2.96. The molecule has 2 N–H and O–H groups in total. The maximum Gasteiger partial charge on any atom is 0.176 e. The van der Waals surface area contributed by atoms with Crippen molar-refractivity contribution < 1.29 is 15.0 Å². The topological polar surface area (TPSA) is 60.8 Å². The summed E-state index contributed by atoms with van der Waals surface area (Å²) in [6.07, 6.45) is -0.514. The van der Waals surface area contributed by atoms with Gasteiger partial charge in [-0.15, -0.1) is 0 Å². The minimum absolute atomic E-state index is 0.0268. The minimum Gasteiger partial charge on any atom is -0.389 e. The van der Waals surface area contributed by atoms with Gasteiger partial charge in [-0.05, 0) is 12.0 Å². The Morgan fingerprint density at radius 2 is 1.78 bits per heavy atom. The second-order valence-corrected chi connectivity index (χ2v) is 4.80. The van der Waals surface area contributed by atoms with Crippen molar-refractivity contribution in [1.29, 1.82) is 0 Å².